The molecule has 2 aromatic heterocycles. The van der Waals surface area contributed by atoms with E-state index in [2.05, 4.69) is 20.6 Å². The summed E-state index contributed by atoms with van der Waals surface area (Å²) in [4.78, 5) is 32.1. The van der Waals surface area contributed by atoms with E-state index in [9.17, 15) is 9.59 Å². The molecule has 2 atom stereocenters. The molecular formula is C21H26N6O5. The van der Waals surface area contributed by atoms with Gasteiger partial charge in [0, 0.05) is 38.4 Å². The Labute approximate surface area is 185 Å². The average molecular weight is 442 g/mol. The van der Waals surface area contributed by atoms with Crippen molar-refractivity contribution in [2.45, 2.75) is 38.1 Å². The lowest BCUT2D eigenvalue weighted by atomic mass is 9.99. The van der Waals surface area contributed by atoms with Crippen LogP contribution < -0.4 is 10.1 Å². The normalized spacial score (nSPS) is 24.6. The summed E-state index contributed by atoms with van der Waals surface area (Å²) >= 11 is 0. The van der Waals surface area contributed by atoms with Crippen molar-refractivity contribution in [1.29, 1.82) is 0 Å². The highest BCUT2D eigenvalue weighted by Crippen LogP contribution is 2.24. The molecule has 2 fully saturated rings. The molecule has 0 aliphatic carbocycles. The van der Waals surface area contributed by atoms with Gasteiger partial charge in [-0.25, -0.2) is 9.67 Å². The Hall–Kier alpha value is -3.05. The van der Waals surface area contributed by atoms with Crippen LogP contribution in [0.1, 0.15) is 29.0 Å². The quantitative estimate of drug-likeness (QED) is 0.656. The molecule has 2 saturated heterocycles. The van der Waals surface area contributed by atoms with E-state index in [4.69, 9.17) is 14.2 Å². The molecule has 32 heavy (non-hydrogen) atoms. The lowest BCUT2D eigenvalue weighted by molar-refractivity contribution is -0.138. The summed E-state index contributed by atoms with van der Waals surface area (Å²) in [6, 6.07) is 3.06. The van der Waals surface area contributed by atoms with Crippen LogP contribution in [0.4, 0.5) is 0 Å². The fourth-order valence-electron chi connectivity index (χ4n) is 4.33. The summed E-state index contributed by atoms with van der Waals surface area (Å²) in [5.74, 6) is 0.0783. The summed E-state index contributed by atoms with van der Waals surface area (Å²) in [5, 5.41) is 11.3. The fourth-order valence-corrected chi connectivity index (χ4v) is 4.33. The first-order valence-corrected chi connectivity index (χ1v) is 10.9. The molecule has 0 radical (unpaired) electrons. The van der Waals surface area contributed by atoms with Gasteiger partial charge >= 0.3 is 0 Å². The number of rotatable bonds is 1. The summed E-state index contributed by atoms with van der Waals surface area (Å²) < 4.78 is 19.0. The van der Waals surface area contributed by atoms with Crippen LogP contribution in [-0.2, 0) is 27.4 Å². The third kappa shape index (κ3) is 4.44. The Morgan fingerprint density at radius 2 is 2.06 bits per heavy atom. The van der Waals surface area contributed by atoms with Gasteiger partial charge < -0.3 is 24.4 Å². The van der Waals surface area contributed by atoms with E-state index in [1.165, 1.54) is 0 Å². The minimum atomic E-state index is -0.376. The molecule has 0 aromatic carbocycles. The van der Waals surface area contributed by atoms with Gasteiger partial charge in [0.2, 0.25) is 5.91 Å². The Balaban J connectivity index is 1.38. The Morgan fingerprint density at radius 1 is 1.19 bits per heavy atom. The number of amides is 2. The third-order valence-corrected chi connectivity index (χ3v) is 6.06. The average Bonchev–Trinajstić information content (AvgIpc) is 3.44. The van der Waals surface area contributed by atoms with Crippen molar-refractivity contribution in [2.24, 2.45) is 5.92 Å². The smallest absolute Gasteiger partial charge is 0.274 e. The first-order valence-electron chi connectivity index (χ1n) is 10.9. The van der Waals surface area contributed by atoms with Gasteiger partial charge in [0.25, 0.3) is 5.91 Å². The van der Waals surface area contributed by atoms with Crippen molar-refractivity contribution < 1.29 is 23.8 Å². The standard InChI is InChI=1S/C21H26N6O5/c28-20-19-17(2-1-5-22-19)31-9-6-27-10-15(24-25-27)13-32-18-12-26(11-16(18)23-20)21(29)14-3-7-30-8-4-14/h1-2,5,10,14,16,18H,3-4,6-9,11-13H2,(H,23,28)/t16-,18-/m0/s1. The van der Waals surface area contributed by atoms with Crippen LogP contribution in [-0.4, -0.2) is 81.7 Å². The van der Waals surface area contributed by atoms with Crippen LogP contribution >= 0.6 is 0 Å². The number of ether oxygens (including phenoxy) is 3. The van der Waals surface area contributed by atoms with Gasteiger partial charge in [0.1, 0.15) is 12.3 Å². The lowest BCUT2D eigenvalue weighted by Gasteiger charge is -2.26. The van der Waals surface area contributed by atoms with Crippen molar-refractivity contribution in [3.05, 3.63) is 35.9 Å². The maximum absolute atomic E-state index is 13.1. The van der Waals surface area contributed by atoms with Crippen LogP contribution in [0.5, 0.6) is 5.75 Å². The maximum Gasteiger partial charge on any atom is 0.274 e. The zero-order valence-corrected chi connectivity index (χ0v) is 17.7. The van der Waals surface area contributed by atoms with E-state index < -0.39 is 0 Å². The second-order valence-electron chi connectivity index (χ2n) is 8.23. The molecule has 11 nitrogen and oxygen atoms in total. The summed E-state index contributed by atoms with van der Waals surface area (Å²) in [6.07, 6.45) is 4.43. The van der Waals surface area contributed by atoms with Gasteiger partial charge in [-0.15, -0.1) is 5.10 Å². The number of fused-ring (bicyclic) bond motifs is 4. The minimum Gasteiger partial charge on any atom is -0.489 e. The Kier molecular flexibility index (Phi) is 5.99. The second-order valence-corrected chi connectivity index (χ2v) is 8.23. The molecule has 3 aliphatic rings. The van der Waals surface area contributed by atoms with Crippen LogP contribution in [0, 0.1) is 5.92 Å². The van der Waals surface area contributed by atoms with Crippen molar-refractivity contribution >= 4 is 11.8 Å². The zero-order valence-electron chi connectivity index (χ0n) is 17.7. The van der Waals surface area contributed by atoms with E-state index >= 15 is 0 Å². The first-order chi connectivity index (χ1) is 15.7. The van der Waals surface area contributed by atoms with Gasteiger partial charge in [-0.3, -0.25) is 9.59 Å². The van der Waals surface area contributed by atoms with Crippen LogP contribution in [0.25, 0.3) is 0 Å². The molecule has 2 amide bonds. The van der Waals surface area contributed by atoms with Gasteiger partial charge in [0.05, 0.1) is 31.5 Å². The van der Waals surface area contributed by atoms with Crippen molar-refractivity contribution in [1.82, 2.24) is 30.2 Å². The number of aromatic nitrogens is 4. The number of nitrogens with zero attached hydrogens (tertiary/aromatic N) is 5. The number of carbonyl (C=O) groups is 2. The molecule has 2 aromatic rings. The number of carbonyl (C=O) groups excluding carboxylic acids is 2. The number of hydrogen-bond acceptors (Lipinski definition) is 8. The fraction of sp³-hybridized carbons (Fsp3) is 0.571. The lowest BCUT2D eigenvalue weighted by Crippen LogP contribution is -2.44. The molecule has 5 rings (SSSR count). The Bertz CT molecular complexity index is 975. The van der Waals surface area contributed by atoms with E-state index in [-0.39, 0.29) is 42.2 Å². The van der Waals surface area contributed by atoms with E-state index in [1.807, 2.05) is 6.20 Å². The predicted octanol–water partition coefficient (Wildman–Crippen LogP) is 0.0181. The molecule has 0 saturated carbocycles. The number of pyridine rings is 1. The van der Waals surface area contributed by atoms with Crippen LogP contribution in [0.15, 0.2) is 24.5 Å². The molecule has 170 valence electrons. The Morgan fingerprint density at radius 3 is 2.94 bits per heavy atom. The SMILES string of the molecule is O=C1N[C@H]2CN(C(=O)C3CCOCC3)C[C@@H]2OCc2cn(nn2)CCOc2cccnc21. The van der Waals surface area contributed by atoms with Gasteiger partial charge in [0.15, 0.2) is 11.4 Å². The molecule has 1 N–H and O–H groups in total. The molecule has 11 heteroatoms. The van der Waals surface area contributed by atoms with Gasteiger partial charge in [-0.05, 0) is 25.0 Å². The summed E-state index contributed by atoms with van der Waals surface area (Å²) in [6.45, 7) is 3.01. The number of hydrogen-bond donors (Lipinski definition) is 1. The number of likely N-dealkylation sites (tertiary alicyclic amines) is 1. The topological polar surface area (TPSA) is 121 Å². The highest BCUT2D eigenvalue weighted by molar-refractivity contribution is 5.95. The highest BCUT2D eigenvalue weighted by atomic mass is 16.5. The molecule has 3 aliphatic heterocycles. The van der Waals surface area contributed by atoms with Gasteiger partial charge in [-0.1, -0.05) is 5.21 Å². The summed E-state index contributed by atoms with van der Waals surface area (Å²) in [7, 11) is 0. The largest absolute Gasteiger partial charge is 0.489 e. The monoisotopic (exact) mass is 442 g/mol. The molecule has 5 heterocycles. The molecule has 0 unspecified atom stereocenters. The molecule has 2 bridgehead atoms. The molecular weight excluding hydrogens is 416 g/mol. The van der Waals surface area contributed by atoms with Crippen molar-refractivity contribution in [3.63, 3.8) is 0 Å². The third-order valence-electron chi connectivity index (χ3n) is 6.06. The summed E-state index contributed by atoms with van der Waals surface area (Å²) in [5.41, 5.74) is 0.889. The van der Waals surface area contributed by atoms with Gasteiger partial charge in [-0.2, -0.15) is 0 Å². The minimum absolute atomic E-state index is 0.0522. The van der Waals surface area contributed by atoms with E-state index in [1.54, 1.807) is 27.9 Å². The van der Waals surface area contributed by atoms with E-state index in [0.717, 1.165) is 12.8 Å². The second kappa shape index (κ2) is 9.21. The molecule has 0 spiro atoms. The van der Waals surface area contributed by atoms with Crippen LogP contribution in [0.3, 0.4) is 0 Å². The number of nitrogens with one attached hydrogen (secondary N) is 1. The maximum atomic E-state index is 13.1. The predicted molar refractivity (Wildman–Crippen MR) is 110 cm³/mol. The van der Waals surface area contributed by atoms with Crippen LogP contribution in [0.2, 0.25) is 0 Å². The zero-order chi connectivity index (χ0) is 21.9. The van der Waals surface area contributed by atoms with E-state index in [0.29, 0.717) is 50.9 Å². The van der Waals surface area contributed by atoms with Crippen molar-refractivity contribution in [2.75, 3.05) is 32.9 Å². The van der Waals surface area contributed by atoms with Crippen molar-refractivity contribution in [3.8, 4) is 5.75 Å². The first kappa shape index (κ1) is 20.8. The highest BCUT2D eigenvalue weighted by Gasteiger charge is 2.40.